The monoisotopic (exact) mass is 422 g/mol. The minimum absolute atomic E-state index is 0.0463. The molecule has 2 atom stereocenters. The highest BCUT2D eigenvalue weighted by Gasteiger charge is 2.42. The molecule has 2 aromatic carbocycles. The fraction of sp³-hybridized carbons (Fsp3) is 0.375. The predicted molar refractivity (Wildman–Crippen MR) is 115 cm³/mol. The number of aliphatic carboxylic acids is 1. The van der Waals surface area contributed by atoms with Gasteiger partial charge in [0.05, 0.1) is 19.1 Å². The van der Waals surface area contributed by atoms with Gasteiger partial charge < -0.3 is 19.6 Å². The zero-order chi connectivity index (χ0) is 22.0. The summed E-state index contributed by atoms with van der Waals surface area (Å²) >= 11 is 0. The van der Waals surface area contributed by atoms with Crippen molar-refractivity contribution in [3.8, 4) is 0 Å². The minimum atomic E-state index is -0.946. The second kappa shape index (κ2) is 8.79. The van der Waals surface area contributed by atoms with Crippen LogP contribution in [0, 0.1) is 0 Å². The molecule has 1 fully saturated rings. The number of esters is 1. The van der Waals surface area contributed by atoms with Crippen LogP contribution in [0.1, 0.15) is 46.7 Å². The number of nitrogens with zero attached hydrogens (tertiary/aromatic N) is 2. The van der Waals surface area contributed by atoms with E-state index in [9.17, 15) is 14.4 Å². The molecular formula is C24H26N2O5. The quantitative estimate of drug-likeness (QED) is 0.720. The third-order valence-corrected chi connectivity index (χ3v) is 6.26. The van der Waals surface area contributed by atoms with Crippen LogP contribution in [0.3, 0.4) is 0 Å². The second-order valence-electron chi connectivity index (χ2n) is 8.07. The summed E-state index contributed by atoms with van der Waals surface area (Å²) in [6.07, 6.45) is 0.747. The topological polar surface area (TPSA) is 87.2 Å². The molecule has 0 saturated carbocycles. The van der Waals surface area contributed by atoms with Gasteiger partial charge in [0.1, 0.15) is 0 Å². The van der Waals surface area contributed by atoms with E-state index in [4.69, 9.17) is 9.84 Å². The molecule has 31 heavy (non-hydrogen) atoms. The summed E-state index contributed by atoms with van der Waals surface area (Å²) in [4.78, 5) is 39.2. The van der Waals surface area contributed by atoms with Crippen LogP contribution in [0.25, 0.3) is 0 Å². The molecule has 0 radical (unpaired) electrons. The number of rotatable bonds is 6. The first-order valence-electron chi connectivity index (χ1n) is 10.5. The summed E-state index contributed by atoms with van der Waals surface area (Å²) in [6, 6.07) is 16.0. The van der Waals surface area contributed by atoms with Crippen molar-refractivity contribution in [3.05, 3.63) is 65.2 Å². The van der Waals surface area contributed by atoms with E-state index in [1.165, 1.54) is 18.4 Å². The molecule has 2 unspecified atom stereocenters. The minimum Gasteiger partial charge on any atom is -0.481 e. The number of hydrogen-bond donors (Lipinski definition) is 1. The maximum absolute atomic E-state index is 12.5. The average molecular weight is 422 g/mol. The number of carbonyl (C=O) groups excluding carboxylic acids is 2. The number of hydrogen-bond acceptors (Lipinski definition) is 5. The Morgan fingerprint density at radius 2 is 1.81 bits per heavy atom. The molecule has 162 valence electrons. The molecule has 1 amide bonds. The van der Waals surface area contributed by atoms with Crippen LogP contribution in [0.2, 0.25) is 0 Å². The molecule has 7 nitrogen and oxygen atoms in total. The van der Waals surface area contributed by atoms with Crippen molar-refractivity contribution in [2.45, 2.75) is 37.8 Å². The van der Waals surface area contributed by atoms with Crippen molar-refractivity contribution < 1.29 is 24.2 Å². The molecule has 0 spiro atoms. The highest BCUT2D eigenvalue weighted by molar-refractivity contribution is 5.89. The van der Waals surface area contributed by atoms with E-state index in [-0.39, 0.29) is 36.7 Å². The van der Waals surface area contributed by atoms with Gasteiger partial charge in [-0.25, -0.2) is 4.79 Å². The van der Waals surface area contributed by atoms with E-state index in [0.29, 0.717) is 25.2 Å². The summed E-state index contributed by atoms with van der Waals surface area (Å²) in [5.41, 5.74) is 4.03. The first-order chi connectivity index (χ1) is 15.0. The Morgan fingerprint density at radius 3 is 2.52 bits per heavy atom. The maximum Gasteiger partial charge on any atom is 0.337 e. The number of benzene rings is 2. The van der Waals surface area contributed by atoms with E-state index in [1.54, 1.807) is 12.1 Å². The van der Waals surface area contributed by atoms with Gasteiger partial charge in [-0.3, -0.25) is 9.59 Å². The van der Waals surface area contributed by atoms with Gasteiger partial charge in [-0.15, -0.1) is 0 Å². The largest absolute Gasteiger partial charge is 0.481 e. The molecule has 2 aliphatic heterocycles. The van der Waals surface area contributed by atoms with Crippen LogP contribution in [-0.2, 0) is 20.9 Å². The van der Waals surface area contributed by atoms with Crippen molar-refractivity contribution in [2.24, 2.45) is 0 Å². The standard InChI is InChI=1S/C24H26N2O5/c1-31-24(30)17-8-6-16(7-9-17)14-26-20-5-3-2-4-18(20)19-15-25(13-12-21(19)26)22(27)10-11-23(28)29/h2-9,19,21H,10-15H2,1H3,(H,28,29). The summed E-state index contributed by atoms with van der Waals surface area (Å²) in [6.45, 7) is 1.95. The Labute approximate surface area is 181 Å². The van der Waals surface area contributed by atoms with Gasteiger partial charge in [-0.1, -0.05) is 30.3 Å². The molecule has 0 aliphatic carbocycles. The van der Waals surface area contributed by atoms with Gasteiger partial charge >= 0.3 is 11.9 Å². The zero-order valence-electron chi connectivity index (χ0n) is 17.5. The third-order valence-electron chi connectivity index (χ3n) is 6.26. The first kappa shape index (κ1) is 20.9. The Balaban J connectivity index is 1.52. The molecule has 4 rings (SSSR count). The van der Waals surface area contributed by atoms with Crippen LogP contribution in [0.15, 0.2) is 48.5 Å². The number of ether oxygens (including phenoxy) is 1. The Bertz CT molecular complexity index is 988. The summed E-state index contributed by atoms with van der Waals surface area (Å²) in [7, 11) is 1.37. The van der Waals surface area contributed by atoms with Crippen molar-refractivity contribution in [1.29, 1.82) is 0 Å². The Kier molecular flexibility index (Phi) is 5.93. The first-order valence-corrected chi connectivity index (χ1v) is 10.5. The Hall–Kier alpha value is -3.35. The van der Waals surface area contributed by atoms with Crippen LogP contribution in [0.5, 0.6) is 0 Å². The van der Waals surface area contributed by atoms with Gasteiger partial charge in [-0.2, -0.15) is 0 Å². The number of carboxylic acid groups (broad SMARTS) is 1. The van der Waals surface area contributed by atoms with Crippen molar-refractivity contribution in [2.75, 3.05) is 25.1 Å². The lowest BCUT2D eigenvalue weighted by atomic mass is 9.89. The number of para-hydroxylation sites is 1. The number of likely N-dealkylation sites (tertiary alicyclic amines) is 1. The van der Waals surface area contributed by atoms with Gasteiger partial charge in [0.25, 0.3) is 0 Å². The molecule has 0 aromatic heterocycles. The molecule has 0 bridgehead atoms. The fourth-order valence-corrected chi connectivity index (χ4v) is 4.72. The highest BCUT2D eigenvalue weighted by atomic mass is 16.5. The predicted octanol–water partition coefficient (Wildman–Crippen LogP) is 3.04. The molecule has 2 aliphatic rings. The van der Waals surface area contributed by atoms with Gasteiger partial charge in [0.15, 0.2) is 0 Å². The van der Waals surface area contributed by atoms with Crippen LogP contribution >= 0.6 is 0 Å². The molecule has 2 aromatic rings. The van der Waals surface area contributed by atoms with Crippen molar-refractivity contribution in [1.82, 2.24) is 4.90 Å². The SMILES string of the molecule is COC(=O)c1ccc(CN2c3ccccc3C3CN(C(=O)CCC(=O)O)CCC32)cc1. The maximum atomic E-state index is 12.5. The number of fused-ring (bicyclic) bond motifs is 3. The molecular weight excluding hydrogens is 396 g/mol. The molecule has 2 heterocycles. The number of carboxylic acids is 1. The summed E-state index contributed by atoms with van der Waals surface area (Å²) in [5, 5.41) is 8.87. The number of methoxy groups -OCH3 is 1. The third kappa shape index (κ3) is 4.26. The number of carbonyl (C=O) groups is 3. The number of anilines is 1. The summed E-state index contributed by atoms with van der Waals surface area (Å²) < 4.78 is 4.77. The van der Waals surface area contributed by atoms with Crippen LogP contribution in [-0.4, -0.2) is 54.1 Å². The van der Waals surface area contributed by atoms with E-state index >= 15 is 0 Å². The Morgan fingerprint density at radius 1 is 1.06 bits per heavy atom. The van der Waals surface area contributed by atoms with E-state index < -0.39 is 5.97 Å². The lowest BCUT2D eigenvalue weighted by molar-refractivity contribution is -0.141. The fourth-order valence-electron chi connectivity index (χ4n) is 4.72. The highest BCUT2D eigenvalue weighted by Crippen LogP contribution is 2.45. The smallest absolute Gasteiger partial charge is 0.337 e. The lowest BCUT2D eigenvalue weighted by Crippen LogP contribution is -2.48. The lowest BCUT2D eigenvalue weighted by Gasteiger charge is -2.39. The molecule has 1 N–H and O–H groups in total. The average Bonchev–Trinajstić information content (AvgIpc) is 3.10. The second-order valence-corrected chi connectivity index (χ2v) is 8.07. The van der Waals surface area contributed by atoms with E-state index in [0.717, 1.165) is 12.0 Å². The van der Waals surface area contributed by atoms with Crippen molar-refractivity contribution >= 4 is 23.5 Å². The zero-order valence-corrected chi connectivity index (χ0v) is 17.5. The molecule has 1 saturated heterocycles. The van der Waals surface area contributed by atoms with Gasteiger partial charge in [-0.05, 0) is 35.7 Å². The molecule has 7 heteroatoms. The summed E-state index contributed by atoms with van der Waals surface area (Å²) in [5.74, 6) is -1.18. The van der Waals surface area contributed by atoms with E-state index in [2.05, 4.69) is 17.0 Å². The van der Waals surface area contributed by atoms with E-state index in [1.807, 2.05) is 29.2 Å². The van der Waals surface area contributed by atoms with Crippen LogP contribution < -0.4 is 4.90 Å². The van der Waals surface area contributed by atoms with Crippen molar-refractivity contribution in [3.63, 3.8) is 0 Å². The number of piperidine rings is 1. The normalized spacial score (nSPS) is 19.5. The number of amides is 1. The van der Waals surface area contributed by atoms with Crippen LogP contribution in [0.4, 0.5) is 5.69 Å². The van der Waals surface area contributed by atoms with Gasteiger partial charge in [0, 0.05) is 43.7 Å². The van der Waals surface area contributed by atoms with Gasteiger partial charge in [0.2, 0.25) is 5.91 Å².